The highest BCUT2D eigenvalue weighted by Gasteiger charge is 2.21. The van der Waals surface area contributed by atoms with Gasteiger partial charge in [0.2, 0.25) is 5.75 Å². The first-order chi connectivity index (χ1) is 15.1. The minimum absolute atomic E-state index is 0.300. The fourth-order valence-electron chi connectivity index (χ4n) is 3.59. The van der Waals surface area contributed by atoms with Crippen molar-refractivity contribution in [2.45, 2.75) is 6.54 Å². The van der Waals surface area contributed by atoms with Crippen LogP contribution < -0.4 is 19.5 Å². The predicted molar refractivity (Wildman–Crippen MR) is 119 cm³/mol. The average molecular weight is 417 g/mol. The molecule has 0 fully saturated rings. The van der Waals surface area contributed by atoms with Crippen molar-refractivity contribution < 1.29 is 19.0 Å². The van der Waals surface area contributed by atoms with Gasteiger partial charge in [-0.05, 0) is 28.5 Å². The fraction of sp³-hybridized carbons (Fsp3) is 0.167. The van der Waals surface area contributed by atoms with Crippen molar-refractivity contribution in [1.29, 1.82) is 0 Å². The zero-order valence-electron chi connectivity index (χ0n) is 17.6. The summed E-state index contributed by atoms with van der Waals surface area (Å²) in [5.41, 5.74) is 1.48. The van der Waals surface area contributed by atoms with E-state index in [2.05, 4.69) is 34.7 Å². The van der Waals surface area contributed by atoms with Crippen LogP contribution in [0.2, 0.25) is 0 Å². The molecule has 1 amide bonds. The number of ether oxygens (including phenoxy) is 3. The fourth-order valence-corrected chi connectivity index (χ4v) is 3.59. The lowest BCUT2D eigenvalue weighted by Gasteiger charge is -2.15. The van der Waals surface area contributed by atoms with Gasteiger partial charge in [0.25, 0.3) is 5.91 Å². The maximum atomic E-state index is 12.9. The van der Waals surface area contributed by atoms with E-state index in [4.69, 9.17) is 14.2 Å². The molecule has 158 valence electrons. The third kappa shape index (κ3) is 4.02. The molecule has 0 spiro atoms. The van der Waals surface area contributed by atoms with E-state index in [9.17, 15) is 4.79 Å². The lowest BCUT2D eigenvalue weighted by molar-refractivity contribution is 0.102. The second-order valence-corrected chi connectivity index (χ2v) is 6.87. The molecule has 0 aliphatic heterocycles. The van der Waals surface area contributed by atoms with Gasteiger partial charge in [0.05, 0.1) is 33.4 Å². The van der Waals surface area contributed by atoms with Crippen LogP contribution in [-0.4, -0.2) is 37.0 Å². The highest BCUT2D eigenvalue weighted by Crippen LogP contribution is 2.39. The first kappa shape index (κ1) is 20.3. The molecule has 31 heavy (non-hydrogen) atoms. The molecule has 0 saturated heterocycles. The summed E-state index contributed by atoms with van der Waals surface area (Å²) in [6, 6.07) is 19.5. The number of methoxy groups -OCH3 is 3. The molecular formula is C24H23N3O4. The van der Waals surface area contributed by atoms with Crippen molar-refractivity contribution in [2.24, 2.45) is 0 Å². The van der Waals surface area contributed by atoms with E-state index in [-0.39, 0.29) is 5.91 Å². The lowest BCUT2D eigenvalue weighted by Crippen LogP contribution is -2.14. The SMILES string of the molecule is COc1ccc(C(=O)Nc2ccn(Cc3cccc4ccccc34)n2)c(OC)c1OC. The summed E-state index contributed by atoms with van der Waals surface area (Å²) in [7, 11) is 4.50. The van der Waals surface area contributed by atoms with E-state index in [1.54, 1.807) is 22.9 Å². The van der Waals surface area contributed by atoms with Crippen molar-refractivity contribution in [3.05, 3.63) is 78.0 Å². The maximum absolute atomic E-state index is 12.9. The predicted octanol–water partition coefficient (Wildman–Crippen LogP) is 4.36. The Kier molecular flexibility index (Phi) is 5.75. The van der Waals surface area contributed by atoms with Crippen LogP contribution >= 0.6 is 0 Å². The number of nitrogens with zero attached hydrogens (tertiary/aromatic N) is 2. The Labute approximate surface area is 180 Å². The molecule has 0 saturated carbocycles. The van der Waals surface area contributed by atoms with Gasteiger partial charge in [0, 0.05) is 12.3 Å². The van der Waals surface area contributed by atoms with E-state index in [0.29, 0.717) is 35.2 Å². The molecule has 0 unspecified atom stereocenters. The number of nitrogens with one attached hydrogen (secondary N) is 1. The van der Waals surface area contributed by atoms with Crippen molar-refractivity contribution in [3.63, 3.8) is 0 Å². The number of hydrogen-bond donors (Lipinski definition) is 1. The van der Waals surface area contributed by atoms with Crippen LogP contribution in [0.25, 0.3) is 10.8 Å². The number of amides is 1. The van der Waals surface area contributed by atoms with Gasteiger partial charge in [0.1, 0.15) is 0 Å². The molecule has 4 aromatic rings. The molecule has 0 aliphatic rings. The summed E-state index contributed by atoms with van der Waals surface area (Å²) in [6.45, 7) is 0.594. The Hall–Kier alpha value is -4.00. The van der Waals surface area contributed by atoms with E-state index in [0.717, 1.165) is 5.56 Å². The first-order valence-corrected chi connectivity index (χ1v) is 9.75. The summed E-state index contributed by atoms with van der Waals surface area (Å²) in [4.78, 5) is 12.9. The molecule has 0 radical (unpaired) electrons. The van der Waals surface area contributed by atoms with Gasteiger partial charge in [-0.15, -0.1) is 0 Å². The van der Waals surface area contributed by atoms with E-state index in [1.165, 1.54) is 32.1 Å². The number of hydrogen-bond acceptors (Lipinski definition) is 5. The van der Waals surface area contributed by atoms with Crippen LogP contribution in [-0.2, 0) is 6.54 Å². The highest BCUT2D eigenvalue weighted by molar-refractivity contribution is 6.06. The van der Waals surface area contributed by atoms with Crippen LogP contribution in [0, 0.1) is 0 Å². The summed E-state index contributed by atoms with van der Waals surface area (Å²) in [5.74, 6) is 1.24. The van der Waals surface area contributed by atoms with Crippen molar-refractivity contribution in [1.82, 2.24) is 9.78 Å². The van der Waals surface area contributed by atoms with Gasteiger partial charge < -0.3 is 19.5 Å². The van der Waals surface area contributed by atoms with Crippen molar-refractivity contribution >= 4 is 22.5 Å². The molecule has 4 rings (SSSR count). The van der Waals surface area contributed by atoms with Crippen LogP contribution in [0.3, 0.4) is 0 Å². The molecular weight excluding hydrogens is 394 g/mol. The third-order valence-corrected chi connectivity index (χ3v) is 5.04. The highest BCUT2D eigenvalue weighted by atomic mass is 16.5. The van der Waals surface area contributed by atoms with Crippen LogP contribution in [0.15, 0.2) is 66.9 Å². The topological polar surface area (TPSA) is 74.6 Å². The Morgan fingerprint density at radius 2 is 1.68 bits per heavy atom. The second kappa shape index (κ2) is 8.79. The van der Waals surface area contributed by atoms with Crippen molar-refractivity contribution in [2.75, 3.05) is 26.6 Å². The quantitative estimate of drug-likeness (QED) is 0.484. The largest absolute Gasteiger partial charge is 0.493 e. The Morgan fingerprint density at radius 3 is 2.45 bits per heavy atom. The summed E-state index contributed by atoms with van der Waals surface area (Å²) < 4.78 is 17.8. The molecule has 0 bridgehead atoms. The summed E-state index contributed by atoms with van der Waals surface area (Å²) in [5, 5.41) is 9.68. The molecule has 0 atom stereocenters. The van der Waals surface area contributed by atoms with Gasteiger partial charge in [0.15, 0.2) is 17.3 Å². The number of benzene rings is 3. The number of anilines is 1. The normalized spacial score (nSPS) is 10.7. The average Bonchev–Trinajstić information content (AvgIpc) is 3.24. The van der Waals surface area contributed by atoms with E-state index >= 15 is 0 Å². The zero-order valence-corrected chi connectivity index (χ0v) is 17.6. The smallest absolute Gasteiger partial charge is 0.260 e. The monoisotopic (exact) mass is 417 g/mol. The molecule has 1 heterocycles. The van der Waals surface area contributed by atoms with Gasteiger partial charge in [-0.25, -0.2) is 0 Å². The molecule has 3 aromatic carbocycles. The third-order valence-electron chi connectivity index (χ3n) is 5.04. The maximum Gasteiger partial charge on any atom is 0.260 e. The molecule has 1 aromatic heterocycles. The lowest BCUT2D eigenvalue weighted by atomic mass is 10.0. The number of carbonyl (C=O) groups excluding carboxylic acids is 1. The Bertz CT molecular complexity index is 1230. The Morgan fingerprint density at radius 1 is 0.903 bits per heavy atom. The first-order valence-electron chi connectivity index (χ1n) is 9.75. The second-order valence-electron chi connectivity index (χ2n) is 6.87. The van der Waals surface area contributed by atoms with Gasteiger partial charge in [-0.3, -0.25) is 9.48 Å². The molecule has 1 N–H and O–H groups in total. The standard InChI is InChI=1S/C24H23N3O4/c1-29-20-12-11-19(22(30-2)23(20)31-3)24(28)25-21-13-14-27(26-21)15-17-9-6-8-16-7-4-5-10-18(16)17/h4-14H,15H2,1-3H3,(H,25,26,28). The minimum atomic E-state index is -0.354. The molecule has 0 aliphatic carbocycles. The number of carbonyl (C=O) groups is 1. The minimum Gasteiger partial charge on any atom is -0.493 e. The summed E-state index contributed by atoms with van der Waals surface area (Å²) >= 11 is 0. The molecule has 7 nitrogen and oxygen atoms in total. The summed E-state index contributed by atoms with van der Waals surface area (Å²) in [6.07, 6.45) is 1.84. The van der Waals surface area contributed by atoms with Gasteiger partial charge in [-0.2, -0.15) is 5.10 Å². The zero-order chi connectivity index (χ0) is 21.8. The van der Waals surface area contributed by atoms with Gasteiger partial charge in [-0.1, -0.05) is 42.5 Å². The van der Waals surface area contributed by atoms with Crippen LogP contribution in [0.5, 0.6) is 17.2 Å². The molecule has 7 heteroatoms. The van der Waals surface area contributed by atoms with Gasteiger partial charge >= 0.3 is 0 Å². The Balaban J connectivity index is 1.55. The van der Waals surface area contributed by atoms with E-state index in [1.807, 2.05) is 24.4 Å². The van der Waals surface area contributed by atoms with E-state index < -0.39 is 0 Å². The number of fused-ring (bicyclic) bond motifs is 1. The number of aromatic nitrogens is 2. The van der Waals surface area contributed by atoms with Crippen LogP contribution in [0.1, 0.15) is 15.9 Å². The van der Waals surface area contributed by atoms with Crippen molar-refractivity contribution in [3.8, 4) is 17.2 Å². The number of rotatable bonds is 7. The van der Waals surface area contributed by atoms with Crippen LogP contribution in [0.4, 0.5) is 5.82 Å².